The zero-order valence-corrected chi connectivity index (χ0v) is 12.2. The number of para-hydroxylation sites is 1. The van der Waals surface area contributed by atoms with Gasteiger partial charge in [0.1, 0.15) is 17.3 Å². The molecule has 112 valence electrons. The van der Waals surface area contributed by atoms with Crippen molar-refractivity contribution in [2.75, 3.05) is 0 Å². The molecule has 1 aromatic carbocycles. The van der Waals surface area contributed by atoms with E-state index in [1.165, 1.54) is 6.21 Å². The molecular weight excluding hydrogens is 282 g/mol. The zero-order chi connectivity index (χ0) is 15.5. The van der Waals surface area contributed by atoms with Crippen LogP contribution in [-0.2, 0) is 4.79 Å². The maximum absolute atomic E-state index is 12.2. The van der Waals surface area contributed by atoms with Gasteiger partial charge in [-0.05, 0) is 37.6 Å². The van der Waals surface area contributed by atoms with Crippen LogP contribution in [0.25, 0.3) is 11.0 Å². The summed E-state index contributed by atoms with van der Waals surface area (Å²) >= 11 is 0. The Morgan fingerprint density at radius 3 is 3.00 bits per heavy atom. The predicted molar refractivity (Wildman–Crippen MR) is 81.4 cm³/mol. The van der Waals surface area contributed by atoms with Gasteiger partial charge in [0.25, 0.3) is 5.91 Å². The first-order valence-corrected chi connectivity index (χ1v) is 6.84. The molecule has 0 saturated heterocycles. The monoisotopic (exact) mass is 297 g/mol. The summed E-state index contributed by atoms with van der Waals surface area (Å²) in [4.78, 5) is 12.2. The number of carbonyl (C=O) groups is 1. The number of amides is 1. The minimum absolute atomic E-state index is 0.281. The largest absolute Gasteiger partial charge is 0.463 e. The maximum Gasteiger partial charge on any atom is 0.264 e. The lowest BCUT2D eigenvalue weighted by molar-refractivity contribution is -0.124. The molecule has 1 amide bonds. The van der Waals surface area contributed by atoms with Gasteiger partial charge in [-0.2, -0.15) is 5.10 Å². The molecular formula is C15H15N5O2. The number of aromatic nitrogens is 3. The third-order valence-electron chi connectivity index (χ3n) is 3.38. The normalized spacial score (nSPS) is 12.8. The molecule has 0 bridgehead atoms. The van der Waals surface area contributed by atoms with Crippen molar-refractivity contribution < 1.29 is 9.21 Å². The van der Waals surface area contributed by atoms with E-state index in [4.69, 9.17) is 4.42 Å². The first-order valence-electron chi connectivity index (χ1n) is 6.84. The lowest BCUT2D eigenvalue weighted by atomic mass is 10.3. The molecule has 0 radical (unpaired) electrons. The molecule has 0 aliphatic rings. The molecule has 2 aromatic heterocycles. The Morgan fingerprint density at radius 1 is 1.41 bits per heavy atom. The van der Waals surface area contributed by atoms with Gasteiger partial charge >= 0.3 is 0 Å². The van der Waals surface area contributed by atoms with Crippen molar-refractivity contribution in [3.63, 3.8) is 0 Å². The number of carbonyl (C=O) groups excluding carboxylic acids is 1. The fourth-order valence-corrected chi connectivity index (χ4v) is 2.05. The van der Waals surface area contributed by atoms with Crippen LogP contribution < -0.4 is 5.43 Å². The molecule has 0 saturated carbocycles. The van der Waals surface area contributed by atoms with Gasteiger partial charge in [-0.25, -0.2) is 10.1 Å². The van der Waals surface area contributed by atoms with E-state index < -0.39 is 6.04 Å². The van der Waals surface area contributed by atoms with Crippen molar-refractivity contribution in [1.29, 1.82) is 0 Å². The highest BCUT2D eigenvalue weighted by Crippen LogP contribution is 2.15. The van der Waals surface area contributed by atoms with E-state index in [-0.39, 0.29) is 5.91 Å². The van der Waals surface area contributed by atoms with E-state index in [1.54, 1.807) is 17.9 Å². The molecule has 3 rings (SSSR count). The van der Waals surface area contributed by atoms with Gasteiger partial charge in [0.05, 0.1) is 18.0 Å². The highest BCUT2D eigenvalue weighted by Gasteiger charge is 2.18. The van der Waals surface area contributed by atoms with Crippen molar-refractivity contribution >= 4 is 23.2 Å². The van der Waals surface area contributed by atoms with Crippen molar-refractivity contribution in [2.24, 2.45) is 5.10 Å². The van der Waals surface area contributed by atoms with E-state index >= 15 is 0 Å². The number of nitrogens with zero attached hydrogens (tertiary/aromatic N) is 4. The van der Waals surface area contributed by atoms with E-state index in [0.717, 1.165) is 16.6 Å². The molecule has 2 heterocycles. The van der Waals surface area contributed by atoms with Gasteiger partial charge in [0, 0.05) is 0 Å². The number of furan rings is 1. The van der Waals surface area contributed by atoms with Crippen molar-refractivity contribution in [3.8, 4) is 0 Å². The summed E-state index contributed by atoms with van der Waals surface area (Å²) < 4.78 is 6.78. The first kappa shape index (κ1) is 14.0. The number of aryl methyl sites for hydroxylation is 1. The lowest BCUT2D eigenvalue weighted by Crippen LogP contribution is -2.28. The molecule has 0 fully saturated rings. The Balaban J connectivity index is 1.72. The van der Waals surface area contributed by atoms with E-state index in [2.05, 4.69) is 20.8 Å². The molecule has 0 aliphatic carbocycles. The van der Waals surface area contributed by atoms with Crippen LogP contribution in [0.1, 0.15) is 24.3 Å². The van der Waals surface area contributed by atoms with Crippen molar-refractivity contribution in [1.82, 2.24) is 20.4 Å². The number of hydrogen-bond acceptors (Lipinski definition) is 5. The number of fused-ring (bicyclic) bond motifs is 1. The average Bonchev–Trinajstić information content (AvgIpc) is 3.13. The molecule has 1 unspecified atom stereocenters. The zero-order valence-electron chi connectivity index (χ0n) is 12.2. The third kappa shape index (κ3) is 2.60. The maximum atomic E-state index is 12.2. The van der Waals surface area contributed by atoms with Crippen LogP contribution in [0.3, 0.4) is 0 Å². The summed E-state index contributed by atoms with van der Waals surface area (Å²) in [5.41, 5.74) is 4.98. The second-order valence-electron chi connectivity index (χ2n) is 4.90. The summed E-state index contributed by atoms with van der Waals surface area (Å²) in [7, 11) is 0. The van der Waals surface area contributed by atoms with E-state index in [0.29, 0.717) is 5.76 Å². The Bertz CT molecular complexity index is 833. The summed E-state index contributed by atoms with van der Waals surface area (Å²) in [6, 6.07) is 8.78. The topological polar surface area (TPSA) is 85.3 Å². The van der Waals surface area contributed by atoms with Gasteiger partial charge < -0.3 is 4.42 Å². The smallest absolute Gasteiger partial charge is 0.264 e. The predicted octanol–water partition coefficient (Wildman–Crippen LogP) is 2.04. The second-order valence-corrected chi connectivity index (χ2v) is 4.90. The Morgan fingerprint density at radius 2 is 2.23 bits per heavy atom. The van der Waals surface area contributed by atoms with Gasteiger partial charge in [0.15, 0.2) is 0 Å². The molecule has 1 atom stereocenters. The van der Waals surface area contributed by atoms with Crippen LogP contribution in [0.4, 0.5) is 0 Å². The molecule has 7 heteroatoms. The standard InChI is InChI=1S/C15H15N5O2/c1-10-7-8-22-14(10)9-16-18-15(21)11(2)20-13-6-4-3-5-12(13)17-19-20/h3-9,11H,1-2H3,(H,18,21)/b16-9+. The minimum Gasteiger partial charge on any atom is -0.463 e. The Labute approximate surface area is 126 Å². The van der Waals surface area contributed by atoms with Crippen molar-refractivity contribution in [2.45, 2.75) is 19.9 Å². The summed E-state index contributed by atoms with van der Waals surface area (Å²) in [6.07, 6.45) is 3.04. The quantitative estimate of drug-likeness (QED) is 0.590. The number of hydrogen-bond donors (Lipinski definition) is 1. The van der Waals surface area contributed by atoms with E-state index in [9.17, 15) is 4.79 Å². The molecule has 0 aliphatic heterocycles. The second kappa shape index (κ2) is 5.80. The molecule has 0 spiro atoms. The molecule has 22 heavy (non-hydrogen) atoms. The third-order valence-corrected chi connectivity index (χ3v) is 3.38. The highest BCUT2D eigenvalue weighted by molar-refractivity contribution is 5.84. The van der Waals surface area contributed by atoms with Gasteiger partial charge in [-0.3, -0.25) is 4.79 Å². The number of benzene rings is 1. The fraction of sp³-hybridized carbons (Fsp3) is 0.200. The van der Waals surface area contributed by atoms with E-state index in [1.807, 2.05) is 37.3 Å². The van der Waals surface area contributed by atoms with Gasteiger partial charge in [0.2, 0.25) is 0 Å². The Hall–Kier alpha value is -2.96. The first-order chi connectivity index (χ1) is 10.7. The molecule has 7 nitrogen and oxygen atoms in total. The van der Waals surface area contributed by atoms with Gasteiger partial charge in [-0.15, -0.1) is 5.10 Å². The number of nitrogens with one attached hydrogen (secondary N) is 1. The lowest BCUT2D eigenvalue weighted by Gasteiger charge is -2.10. The van der Waals surface area contributed by atoms with Crippen LogP contribution in [-0.4, -0.2) is 27.1 Å². The highest BCUT2D eigenvalue weighted by atomic mass is 16.3. The van der Waals surface area contributed by atoms with Crippen LogP contribution in [0, 0.1) is 6.92 Å². The summed E-state index contributed by atoms with van der Waals surface area (Å²) in [5, 5.41) is 12.0. The number of hydrazone groups is 1. The average molecular weight is 297 g/mol. The van der Waals surface area contributed by atoms with Gasteiger partial charge in [-0.1, -0.05) is 17.3 Å². The SMILES string of the molecule is Cc1ccoc1/C=N/NC(=O)C(C)n1nnc2ccccc21. The van der Waals surface area contributed by atoms with Crippen molar-refractivity contribution in [3.05, 3.63) is 47.9 Å². The Kier molecular flexibility index (Phi) is 3.69. The van der Waals surface area contributed by atoms with Crippen LogP contribution in [0.15, 0.2) is 46.1 Å². The van der Waals surface area contributed by atoms with Crippen LogP contribution in [0.2, 0.25) is 0 Å². The van der Waals surface area contributed by atoms with Crippen LogP contribution in [0.5, 0.6) is 0 Å². The summed E-state index contributed by atoms with van der Waals surface area (Å²) in [5.74, 6) is 0.329. The molecule has 3 aromatic rings. The number of rotatable bonds is 4. The fourth-order valence-electron chi connectivity index (χ4n) is 2.05. The molecule has 1 N–H and O–H groups in total. The minimum atomic E-state index is -0.526. The van der Waals surface area contributed by atoms with Crippen LogP contribution >= 0.6 is 0 Å². The summed E-state index contributed by atoms with van der Waals surface area (Å²) in [6.45, 7) is 3.64.